The Balaban J connectivity index is 1.52. The van der Waals surface area contributed by atoms with Crippen LogP contribution in [0.3, 0.4) is 0 Å². The highest BCUT2D eigenvalue weighted by Gasteiger charge is 2.12. The van der Waals surface area contributed by atoms with Crippen LogP contribution in [0.25, 0.3) is 0 Å². The summed E-state index contributed by atoms with van der Waals surface area (Å²) < 4.78 is 5.83. The molecule has 140 valence electrons. The van der Waals surface area contributed by atoms with Gasteiger partial charge in [-0.15, -0.1) is 0 Å². The van der Waals surface area contributed by atoms with Crippen LogP contribution in [0.1, 0.15) is 50.2 Å². The number of anilines is 1. The first-order valence-electron chi connectivity index (χ1n) is 9.84. The van der Waals surface area contributed by atoms with Gasteiger partial charge in [0, 0.05) is 12.1 Å². The van der Waals surface area contributed by atoms with Crippen molar-refractivity contribution < 1.29 is 4.74 Å². The first kappa shape index (κ1) is 19.0. The summed E-state index contributed by atoms with van der Waals surface area (Å²) in [5.74, 6) is 0.932. The van der Waals surface area contributed by atoms with Crippen molar-refractivity contribution in [3.63, 3.8) is 0 Å². The first-order valence-corrected chi connectivity index (χ1v) is 9.84. The zero-order valence-corrected chi connectivity index (χ0v) is 16.0. The molecule has 3 rings (SSSR count). The Morgan fingerprint density at radius 1 is 1.07 bits per heavy atom. The van der Waals surface area contributed by atoms with E-state index >= 15 is 0 Å². The van der Waals surface area contributed by atoms with Gasteiger partial charge in [0.15, 0.2) is 0 Å². The molecular weight excluding hydrogens is 334 g/mol. The molecule has 0 atom stereocenters. The smallest absolute Gasteiger partial charge is 0.119 e. The number of nitrogens with zero attached hydrogens (tertiary/aromatic N) is 2. The third-order valence-corrected chi connectivity index (χ3v) is 4.74. The number of rotatable bonds is 9. The number of benzene rings is 2. The number of nitriles is 1. The van der Waals surface area contributed by atoms with Gasteiger partial charge in [-0.2, -0.15) is 5.26 Å². The molecule has 4 heteroatoms. The van der Waals surface area contributed by atoms with Gasteiger partial charge < -0.3 is 10.1 Å². The van der Waals surface area contributed by atoms with Gasteiger partial charge in [-0.05, 0) is 42.3 Å². The van der Waals surface area contributed by atoms with Gasteiger partial charge in [-0.3, -0.25) is 4.99 Å². The van der Waals surface area contributed by atoms with Gasteiger partial charge in [0.2, 0.25) is 0 Å². The summed E-state index contributed by atoms with van der Waals surface area (Å²) in [6.45, 7) is 3.75. The Hall–Kier alpha value is -2.80. The molecule has 0 saturated carbocycles. The molecule has 2 aromatic carbocycles. The fourth-order valence-corrected chi connectivity index (χ4v) is 3.19. The van der Waals surface area contributed by atoms with Crippen molar-refractivity contribution in [2.24, 2.45) is 4.99 Å². The molecule has 27 heavy (non-hydrogen) atoms. The molecule has 1 aliphatic heterocycles. The topological polar surface area (TPSA) is 57.4 Å². The zero-order chi connectivity index (χ0) is 18.9. The molecule has 0 bridgehead atoms. The average Bonchev–Trinajstić information content (AvgIpc) is 2.71. The predicted molar refractivity (Wildman–Crippen MR) is 111 cm³/mol. The number of hydrogen-bond donors (Lipinski definition) is 1. The van der Waals surface area contributed by atoms with Crippen LogP contribution < -0.4 is 10.1 Å². The largest absolute Gasteiger partial charge is 0.494 e. The maximum atomic E-state index is 9.05. The minimum Gasteiger partial charge on any atom is -0.494 e. The fourth-order valence-electron chi connectivity index (χ4n) is 3.19. The molecule has 0 amide bonds. The summed E-state index contributed by atoms with van der Waals surface area (Å²) in [7, 11) is 0. The third-order valence-electron chi connectivity index (χ3n) is 4.74. The Morgan fingerprint density at radius 3 is 2.67 bits per heavy atom. The number of unbranched alkanes of at least 4 members (excludes halogenated alkanes) is 4. The Morgan fingerprint density at radius 2 is 1.89 bits per heavy atom. The summed E-state index contributed by atoms with van der Waals surface area (Å²) in [5.41, 5.74) is 4.75. The van der Waals surface area contributed by atoms with E-state index in [4.69, 9.17) is 15.0 Å². The van der Waals surface area contributed by atoms with Gasteiger partial charge in [-0.1, -0.05) is 44.7 Å². The Kier molecular flexibility index (Phi) is 6.87. The van der Waals surface area contributed by atoms with Crippen LogP contribution in [0, 0.1) is 11.3 Å². The van der Waals surface area contributed by atoms with Gasteiger partial charge in [-0.25, -0.2) is 0 Å². The van der Waals surface area contributed by atoms with Crippen LogP contribution in [-0.2, 0) is 6.42 Å². The minimum atomic E-state index is 0.636. The van der Waals surface area contributed by atoms with Gasteiger partial charge in [0.05, 0.1) is 36.2 Å². The lowest BCUT2D eigenvalue weighted by Crippen LogP contribution is -2.19. The van der Waals surface area contributed by atoms with Crippen molar-refractivity contribution in [1.82, 2.24) is 0 Å². The summed E-state index contributed by atoms with van der Waals surface area (Å²) in [5, 5.41) is 12.4. The molecule has 0 fully saturated rings. The van der Waals surface area contributed by atoms with Crippen LogP contribution in [0.15, 0.2) is 47.5 Å². The van der Waals surface area contributed by atoms with Gasteiger partial charge in [0.25, 0.3) is 0 Å². The molecule has 1 heterocycles. The van der Waals surface area contributed by atoms with Crippen molar-refractivity contribution in [2.45, 2.75) is 45.4 Å². The van der Waals surface area contributed by atoms with E-state index in [0.717, 1.165) is 48.8 Å². The molecule has 0 aromatic heterocycles. The van der Waals surface area contributed by atoms with Crippen LogP contribution in [0.2, 0.25) is 0 Å². The van der Waals surface area contributed by atoms with E-state index in [9.17, 15) is 0 Å². The summed E-state index contributed by atoms with van der Waals surface area (Å²) in [6, 6.07) is 16.0. The fraction of sp³-hybridized carbons (Fsp3) is 0.391. The zero-order valence-electron chi connectivity index (χ0n) is 16.0. The normalized spacial score (nSPS) is 12.5. The maximum absolute atomic E-state index is 9.05. The van der Waals surface area contributed by atoms with E-state index in [0.29, 0.717) is 5.56 Å². The second kappa shape index (κ2) is 9.78. The molecule has 0 saturated heterocycles. The van der Waals surface area contributed by atoms with E-state index < -0.39 is 0 Å². The van der Waals surface area contributed by atoms with Crippen LogP contribution >= 0.6 is 0 Å². The molecule has 1 aliphatic rings. The highest BCUT2D eigenvalue weighted by Crippen LogP contribution is 2.29. The highest BCUT2D eigenvalue weighted by atomic mass is 16.5. The average molecular weight is 361 g/mol. The van der Waals surface area contributed by atoms with Crippen LogP contribution in [-0.4, -0.2) is 18.9 Å². The third kappa shape index (κ3) is 5.59. The molecule has 2 aromatic rings. The number of hydrogen-bond acceptors (Lipinski definition) is 4. The number of aliphatic imine (C=N–C) groups is 1. The van der Waals surface area contributed by atoms with E-state index in [1.165, 1.54) is 31.2 Å². The van der Waals surface area contributed by atoms with Gasteiger partial charge in [0.1, 0.15) is 5.75 Å². The summed E-state index contributed by atoms with van der Waals surface area (Å²) in [6.07, 6.45) is 7.04. The molecule has 1 N–H and O–H groups in total. The van der Waals surface area contributed by atoms with E-state index in [2.05, 4.69) is 30.4 Å². The number of nitrogens with one attached hydrogen (secondary N) is 1. The maximum Gasteiger partial charge on any atom is 0.119 e. The van der Waals surface area contributed by atoms with Crippen LogP contribution in [0.4, 0.5) is 11.4 Å². The summed E-state index contributed by atoms with van der Waals surface area (Å²) >= 11 is 0. The number of ether oxygens (including phenoxy) is 1. The van der Waals surface area contributed by atoms with Crippen molar-refractivity contribution in [3.8, 4) is 11.8 Å². The molecule has 4 nitrogen and oxygen atoms in total. The second-order valence-electron chi connectivity index (χ2n) is 6.96. The summed E-state index contributed by atoms with van der Waals surface area (Å²) in [4.78, 5) is 4.73. The van der Waals surface area contributed by atoms with E-state index in [1.807, 2.05) is 30.3 Å². The quantitative estimate of drug-likeness (QED) is 0.587. The van der Waals surface area contributed by atoms with E-state index in [1.54, 1.807) is 0 Å². The lowest BCUT2D eigenvalue weighted by atomic mass is 10.1. The van der Waals surface area contributed by atoms with Crippen molar-refractivity contribution >= 4 is 17.1 Å². The molecule has 0 spiro atoms. The van der Waals surface area contributed by atoms with Gasteiger partial charge >= 0.3 is 0 Å². The second-order valence-corrected chi connectivity index (χ2v) is 6.96. The number of fused-ring (bicyclic) bond motifs is 1. The first-order chi connectivity index (χ1) is 13.3. The predicted octanol–water partition coefficient (Wildman–Crippen LogP) is 5.65. The molecule has 0 aliphatic carbocycles. The van der Waals surface area contributed by atoms with Crippen molar-refractivity contribution in [1.29, 1.82) is 5.26 Å². The lowest BCUT2D eigenvalue weighted by Gasteiger charge is -2.18. The van der Waals surface area contributed by atoms with Crippen molar-refractivity contribution in [2.75, 3.05) is 18.5 Å². The van der Waals surface area contributed by atoms with Crippen molar-refractivity contribution in [3.05, 3.63) is 53.6 Å². The SMILES string of the molecule is CCCCCCCOc1ccc(CC2=Nc3cc(C#N)ccc3NC2)cc1. The monoisotopic (exact) mass is 361 g/mol. The lowest BCUT2D eigenvalue weighted by molar-refractivity contribution is 0.304. The molecular formula is C23H27N3O. The van der Waals surface area contributed by atoms with Crippen LogP contribution in [0.5, 0.6) is 5.75 Å². The molecule has 0 radical (unpaired) electrons. The molecule has 0 unspecified atom stereocenters. The minimum absolute atomic E-state index is 0.636. The van der Waals surface area contributed by atoms with E-state index in [-0.39, 0.29) is 0 Å². The Labute approximate surface area is 161 Å². The highest BCUT2D eigenvalue weighted by molar-refractivity contribution is 5.96. The standard InChI is InChI=1S/C23H27N3O/c1-2-3-4-5-6-13-27-21-10-7-18(8-11-21)14-20-17-25-22-12-9-19(16-24)15-23(22)26-20/h7-12,15,25H,2-6,13-14,17H2,1H3. The Bertz CT molecular complexity index is 819.